The topological polar surface area (TPSA) is 90.0 Å². The van der Waals surface area contributed by atoms with Crippen molar-refractivity contribution in [2.45, 2.75) is 6.18 Å². The standard InChI is InChI=1S/C10H8BrF3N6O2/c1-18(2)7-3-6(10(12,13)14)15-9(16-7)19-4-5(11)8(17-19)20(21)22/h3-4H,1-2H3. The van der Waals surface area contributed by atoms with Gasteiger partial charge in [-0.3, -0.25) is 0 Å². The maximum Gasteiger partial charge on any atom is 0.433 e. The Balaban J connectivity index is 2.62. The fraction of sp³-hybridized carbons (Fsp3) is 0.300. The molecule has 0 saturated heterocycles. The van der Waals surface area contributed by atoms with Gasteiger partial charge in [0, 0.05) is 20.2 Å². The minimum Gasteiger partial charge on any atom is -0.363 e. The van der Waals surface area contributed by atoms with E-state index in [0.717, 1.165) is 16.9 Å². The van der Waals surface area contributed by atoms with Crippen LogP contribution >= 0.6 is 15.9 Å². The van der Waals surface area contributed by atoms with Gasteiger partial charge < -0.3 is 15.0 Å². The maximum atomic E-state index is 12.9. The summed E-state index contributed by atoms with van der Waals surface area (Å²) in [5.74, 6) is -0.980. The lowest BCUT2D eigenvalue weighted by molar-refractivity contribution is -0.390. The molecule has 0 aliphatic heterocycles. The summed E-state index contributed by atoms with van der Waals surface area (Å²) in [5.41, 5.74) is -1.17. The van der Waals surface area contributed by atoms with E-state index in [0.29, 0.717) is 0 Å². The zero-order valence-electron chi connectivity index (χ0n) is 11.2. The number of anilines is 1. The SMILES string of the molecule is CN(C)c1cc(C(F)(F)F)nc(-n2cc(Br)c([N+](=O)[O-])n2)n1. The molecule has 0 fully saturated rings. The summed E-state index contributed by atoms with van der Waals surface area (Å²) >= 11 is 2.91. The van der Waals surface area contributed by atoms with Crippen molar-refractivity contribution in [1.29, 1.82) is 0 Å². The fourth-order valence-electron chi connectivity index (χ4n) is 1.47. The molecule has 2 aromatic heterocycles. The van der Waals surface area contributed by atoms with Crippen molar-refractivity contribution >= 4 is 27.6 Å². The van der Waals surface area contributed by atoms with Gasteiger partial charge >= 0.3 is 12.0 Å². The molecule has 0 unspecified atom stereocenters. The van der Waals surface area contributed by atoms with Crippen LogP contribution in [-0.2, 0) is 6.18 Å². The van der Waals surface area contributed by atoms with Gasteiger partial charge in [-0.1, -0.05) is 0 Å². The van der Waals surface area contributed by atoms with E-state index in [-0.39, 0.29) is 10.3 Å². The largest absolute Gasteiger partial charge is 0.433 e. The van der Waals surface area contributed by atoms with Crippen LogP contribution in [0.25, 0.3) is 5.95 Å². The first-order valence-electron chi connectivity index (χ1n) is 5.63. The summed E-state index contributed by atoms with van der Waals surface area (Å²) in [6.45, 7) is 0. The van der Waals surface area contributed by atoms with Crippen LogP contribution in [0.3, 0.4) is 0 Å². The van der Waals surface area contributed by atoms with E-state index < -0.39 is 28.6 Å². The van der Waals surface area contributed by atoms with E-state index in [1.807, 2.05) is 0 Å². The second kappa shape index (κ2) is 5.51. The predicted octanol–water partition coefficient (Wildman–Crippen LogP) is 2.42. The number of nitrogens with zero attached hydrogens (tertiary/aromatic N) is 6. The van der Waals surface area contributed by atoms with Crippen molar-refractivity contribution in [2.24, 2.45) is 0 Å². The molecule has 2 heterocycles. The van der Waals surface area contributed by atoms with Crippen LogP contribution in [0.2, 0.25) is 0 Å². The highest BCUT2D eigenvalue weighted by Gasteiger charge is 2.34. The van der Waals surface area contributed by atoms with Gasteiger partial charge in [-0.15, -0.1) is 4.68 Å². The van der Waals surface area contributed by atoms with E-state index in [1.54, 1.807) is 0 Å². The summed E-state index contributed by atoms with van der Waals surface area (Å²) in [6.07, 6.45) is -3.56. The van der Waals surface area contributed by atoms with Crippen molar-refractivity contribution in [2.75, 3.05) is 19.0 Å². The third-order valence-electron chi connectivity index (χ3n) is 2.48. The first kappa shape index (κ1) is 16.1. The number of nitro groups is 1. The first-order valence-corrected chi connectivity index (χ1v) is 6.42. The molecule has 0 aliphatic rings. The van der Waals surface area contributed by atoms with Crippen LogP contribution in [0.15, 0.2) is 16.7 Å². The van der Waals surface area contributed by atoms with Gasteiger partial charge in [0.25, 0.3) is 5.95 Å². The normalized spacial score (nSPS) is 11.5. The van der Waals surface area contributed by atoms with Crippen LogP contribution in [0.4, 0.5) is 24.8 Å². The maximum absolute atomic E-state index is 12.9. The molecule has 0 bridgehead atoms. The van der Waals surface area contributed by atoms with Crippen LogP contribution in [0.1, 0.15) is 5.69 Å². The molecule has 0 N–H and O–H groups in total. The Kier molecular flexibility index (Phi) is 4.04. The van der Waals surface area contributed by atoms with Crippen molar-refractivity contribution in [1.82, 2.24) is 19.7 Å². The molecule has 118 valence electrons. The second-order valence-corrected chi connectivity index (χ2v) is 5.16. The van der Waals surface area contributed by atoms with Gasteiger partial charge in [0.15, 0.2) is 5.69 Å². The van der Waals surface area contributed by atoms with E-state index >= 15 is 0 Å². The minimum absolute atomic E-state index is 0.00455. The molecule has 2 rings (SSSR count). The highest BCUT2D eigenvalue weighted by atomic mass is 79.9. The molecular formula is C10H8BrF3N6O2. The molecule has 8 nitrogen and oxygen atoms in total. The smallest absolute Gasteiger partial charge is 0.363 e. The lowest BCUT2D eigenvalue weighted by Crippen LogP contribution is -2.18. The summed E-state index contributed by atoms with van der Waals surface area (Å²) < 4.78 is 39.5. The van der Waals surface area contributed by atoms with E-state index in [9.17, 15) is 23.3 Å². The van der Waals surface area contributed by atoms with Crippen LogP contribution < -0.4 is 4.90 Å². The van der Waals surface area contributed by atoms with E-state index in [2.05, 4.69) is 31.0 Å². The second-order valence-electron chi connectivity index (χ2n) is 4.31. The number of hydrogen-bond donors (Lipinski definition) is 0. The lowest BCUT2D eigenvalue weighted by Gasteiger charge is -2.14. The molecule has 0 aliphatic carbocycles. The summed E-state index contributed by atoms with van der Waals surface area (Å²) in [5, 5.41) is 14.3. The Morgan fingerprint density at radius 2 is 2.00 bits per heavy atom. The van der Waals surface area contributed by atoms with E-state index in [4.69, 9.17) is 0 Å². The summed E-state index contributed by atoms with van der Waals surface area (Å²) in [7, 11) is 3.02. The van der Waals surface area contributed by atoms with Gasteiger partial charge in [0.2, 0.25) is 0 Å². The molecule has 0 aromatic carbocycles. The van der Waals surface area contributed by atoms with Crippen molar-refractivity contribution < 1.29 is 18.1 Å². The molecule has 0 saturated carbocycles. The van der Waals surface area contributed by atoms with Crippen molar-refractivity contribution in [3.63, 3.8) is 0 Å². The Morgan fingerprint density at radius 1 is 1.36 bits per heavy atom. The molecule has 0 amide bonds. The van der Waals surface area contributed by atoms with Crippen molar-refractivity contribution in [3.05, 3.63) is 32.5 Å². The van der Waals surface area contributed by atoms with Gasteiger partial charge in [0.1, 0.15) is 10.3 Å². The Bertz CT molecular complexity index is 730. The monoisotopic (exact) mass is 380 g/mol. The third kappa shape index (κ3) is 3.16. The fourth-order valence-corrected chi connectivity index (χ4v) is 1.89. The number of alkyl halides is 3. The quantitative estimate of drug-likeness (QED) is 0.599. The average molecular weight is 381 g/mol. The Labute approximate surface area is 129 Å². The molecule has 22 heavy (non-hydrogen) atoms. The van der Waals surface area contributed by atoms with Gasteiger partial charge in [-0.05, 0) is 20.9 Å². The minimum atomic E-state index is -4.68. The lowest BCUT2D eigenvalue weighted by atomic mass is 10.3. The van der Waals surface area contributed by atoms with Gasteiger partial charge in [0.05, 0.1) is 11.3 Å². The van der Waals surface area contributed by atoms with Crippen LogP contribution in [0.5, 0.6) is 0 Å². The van der Waals surface area contributed by atoms with Crippen molar-refractivity contribution in [3.8, 4) is 5.95 Å². The first-order chi connectivity index (χ1) is 10.1. The Hall–Kier alpha value is -2.24. The summed E-state index contributed by atoms with van der Waals surface area (Å²) in [4.78, 5) is 18.6. The molecular weight excluding hydrogens is 373 g/mol. The van der Waals surface area contributed by atoms with Crippen LogP contribution in [0, 0.1) is 10.1 Å². The molecule has 2 aromatic rings. The predicted molar refractivity (Wildman–Crippen MR) is 72.8 cm³/mol. The zero-order valence-corrected chi connectivity index (χ0v) is 12.8. The number of aromatic nitrogens is 4. The van der Waals surface area contributed by atoms with Crippen LogP contribution in [-0.4, -0.2) is 38.8 Å². The number of halogens is 4. The highest BCUT2D eigenvalue weighted by Crippen LogP contribution is 2.30. The number of hydrogen-bond acceptors (Lipinski definition) is 6. The summed E-state index contributed by atoms with van der Waals surface area (Å²) in [6, 6.07) is 0.774. The van der Waals surface area contributed by atoms with Gasteiger partial charge in [-0.2, -0.15) is 18.2 Å². The third-order valence-corrected chi connectivity index (χ3v) is 3.04. The number of rotatable bonds is 3. The molecule has 0 spiro atoms. The Morgan fingerprint density at radius 3 is 2.45 bits per heavy atom. The molecule has 12 heteroatoms. The molecule has 0 atom stereocenters. The highest BCUT2D eigenvalue weighted by molar-refractivity contribution is 9.10. The average Bonchev–Trinajstić information content (AvgIpc) is 2.79. The van der Waals surface area contributed by atoms with Gasteiger partial charge in [-0.25, -0.2) is 4.98 Å². The zero-order chi connectivity index (χ0) is 16.7. The van der Waals surface area contributed by atoms with E-state index in [1.165, 1.54) is 19.0 Å². The molecule has 0 radical (unpaired) electrons.